The zero-order valence-corrected chi connectivity index (χ0v) is 10.9. The van der Waals surface area contributed by atoms with Crippen molar-refractivity contribution in [2.24, 2.45) is 5.92 Å². The molecule has 3 rings (SSSR count). The molecule has 2 fully saturated rings. The molecule has 0 amide bonds. The number of hydrogen-bond donors (Lipinski definition) is 0. The molecule has 0 aromatic heterocycles. The molecular weight excluding hydrogens is 264 g/mol. The van der Waals surface area contributed by atoms with Crippen LogP contribution in [0, 0.1) is 5.92 Å². The third kappa shape index (κ3) is 3.68. The number of esters is 2. The predicted molar refractivity (Wildman–Crippen MR) is 66.7 cm³/mol. The van der Waals surface area contributed by atoms with Crippen molar-refractivity contribution in [2.45, 2.75) is 18.6 Å². The second kappa shape index (κ2) is 5.76. The van der Waals surface area contributed by atoms with Crippen LogP contribution < -0.4 is 0 Å². The van der Waals surface area contributed by atoms with E-state index in [4.69, 9.17) is 18.9 Å². The van der Waals surface area contributed by atoms with Gasteiger partial charge >= 0.3 is 11.9 Å². The van der Waals surface area contributed by atoms with Gasteiger partial charge < -0.3 is 18.9 Å². The molecule has 3 atom stereocenters. The fourth-order valence-corrected chi connectivity index (χ4v) is 1.81. The number of ether oxygens (including phenoxy) is 4. The van der Waals surface area contributed by atoms with Crippen LogP contribution in [0.3, 0.4) is 0 Å². The second-order valence-corrected chi connectivity index (χ2v) is 5.00. The maximum atomic E-state index is 11.7. The highest BCUT2D eigenvalue weighted by Gasteiger charge is 2.28. The van der Waals surface area contributed by atoms with Crippen molar-refractivity contribution in [3.8, 4) is 0 Å². The topological polar surface area (TPSA) is 77.7 Å². The molecule has 0 spiro atoms. The molecule has 0 N–H and O–H groups in total. The van der Waals surface area contributed by atoms with Crippen LogP contribution in [0.25, 0.3) is 0 Å². The van der Waals surface area contributed by atoms with E-state index in [1.165, 1.54) is 0 Å². The highest BCUT2D eigenvalue weighted by atomic mass is 16.6. The van der Waals surface area contributed by atoms with E-state index in [1.54, 1.807) is 18.2 Å². The molecule has 20 heavy (non-hydrogen) atoms. The van der Waals surface area contributed by atoms with Crippen LogP contribution in [0.15, 0.2) is 23.8 Å². The third-order valence-electron chi connectivity index (χ3n) is 3.25. The van der Waals surface area contributed by atoms with Gasteiger partial charge in [-0.15, -0.1) is 0 Å². The van der Waals surface area contributed by atoms with E-state index in [1.807, 2.05) is 0 Å². The van der Waals surface area contributed by atoms with E-state index in [-0.39, 0.29) is 36.7 Å². The molecule has 2 aliphatic heterocycles. The average Bonchev–Trinajstić information content (AvgIpc) is 3.37. The standard InChI is InChI=1S/C14H16O6/c15-13(19-7-11-5-17-11)9-1-2-10(4-3-9)14(16)20-8-12-6-18-12/h1-3,10-12H,4-8H2. The van der Waals surface area contributed by atoms with Gasteiger partial charge in [0.2, 0.25) is 0 Å². The van der Waals surface area contributed by atoms with E-state index in [0.29, 0.717) is 31.8 Å². The van der Waals surface area contributed by atoms with Gasteiger partial charge in [0.1, 0.15) is 25.4 Å². The summed E-state index contributed by atoms with van der Waals surface area (Å²) in [4.78, 5) is 23.4. The summed E-state index contributed by atoms with van der Waals surface area (Å²) in [6, 6.07) is 0. The lowest BCUT2D eigenvalue weighted by molar-refractivity contribution is -0.147. The molecule has 0 saturated carbocycles. The van der Waals surface area contributed by atoms with Gasteiger partial charge in [-0.05, 0) is 6.42 Å². The van der Waals surface area contributed by atoms with E-state index in [9.17, 15) is 9.59 Å². The molecule has 2 heterocycles. The number of carbonyl (C=O) groups excluding carboxylic acids is 2. The van der Waals surface area contributed by atoms with Gasteiger partial charge in [0.15, 0.2) is 0 Å². The lowest BCUT2D eigenvalue weighted by Gasteiger charge is -2.14. The van der Waals surface area contributed by atoms with Gasteiger partial charge in [0.25, 0.3) is 0 Å². The van der Waals surface area contributed by atoms with Crippen LogP contribution in [0.5, 0.6) is 0 Å². The van der Waals surface area contributed by atoms with Gasteiger partial charge in [-0.2, -0.15) is 0 Å². The Balaban J connectivity index is 1.42. The highest BCUT2D eigenvalue weighted by Crippen LogP contribution is 2.20. The van der Waals surface area contributed by atoms with Gasteiger partial charge in [0.05, 0.1) is 24.7 Å². The number of carbonyl (C=O) groups is 2. The minimum atomic E-state index is -0.380. The number of hydrogen-bond acceptors (Lipinski definition) is 6. The van der Waals surface area contributed by atoms with Crippen LogP contribution in [-0.2, 0) is 28.5 Å². The summed E-state index contributed by atoms with van der Waals surface area (Å²) < 4.78 is 20.1. The van der Waals surface area contributed by atoms with Crippen LogP contribution >= 0.6 is 0 Å². The molecule has 0 bridgehead atoms. The molecule has 108 valence electrons. The minimum absolute atomic E-state index is 0.0551. The van der Waals surface area contributed by atoms with E-state index in [0.717, 1.165) is 0 Å². The van der Waals surface area contributed by atoms with Crippen molar-refractivity contribution in [1.29, 1.82) is 0 Å². The molecule has 2 saturated heterocycles. The maximum absolute atomic E-state index is 11.7. The summed E-state index contributed by atoms with van der Waals surface area (Å²) in [5.74, 6) is -1.00. The van der Waals surface area contributed by atoms with Crippen molar-refractivity contribution < 1.29 is 28.5 Å². The molecule has 6 nitrogen and oxygen atoms in total. The van der Waals surface area contributed by atoms with Crippen LogP contribution in [0.2, 0.25) is 0 Å². The summed E-state index contributed by atoms with van der Waals surface area (Å²) in [6.07, 6.45) is 5.57. The fourth-order valence-electron chi connectivity index (χ4n) is 1.81. The molecule has 6 heteroatoms. The van der Waals surface area contributed by atoms with Crippen molar-refractivity contribution in [1.82, 2.24) is 0 Å². The lowest BCUT2D eigenvalue weighted by Crippen LogP contribution is -2.20. The monoisotopic (exact) mass is 280 g/mol. The van der Waals surface area contributed by atoms with Gasteiger partial charge in [0, 0.05) is 0 Å². The number of epoxide rings is 2. The van der Waals surface area contributed by atoms with Crippen molar-refractivity contribution in [3.63, 3.8) is 0 Å². The summed E-state index contributed by atoms with van der Waals surface area (Å²) in [6.45, 7) is 1.91. The van der Waals surface area contributed by atoms with Crippen LogP contribution in [0.4, 0.5) is 0 Å². The highest BCUT2D eigenvalue weighted by molar-refractivity contribution is 5.92. The van der Waals surface area contributed by atoms with E-state index in [2.05, 4.69) is 0 Å². The first-order chi connectivity index (χ1) is 9.72. The Morgan fingerprint density at radius 2 is 1.80 bits per heavy atom. The normalized spacial score (nSPS) is 30.4. The summed E-state index contributed by atoms with van der Waals surface area (Å²) in [5, 5.41) is 0. The summed E-state index contributed by atoms with van der Waals surface area (Å²) >= 11 is 0. The van der Waals surface area contributed by atoms with Gasteiger partial charge in [-0.1, -0.05) is 18.2 Å². The Bertz CT molecular complexity index is 458. The van der Waals surface area contributed by atoms with Crippen LogP contribution in [-0.4, -0.2) is 50.6 Å². The quantitative estimate of drug-likeness (QED) is 0.517. The average molecular weight is 280 g/mol. The predicted octanol–water partition coefficient (Wildman–Crippen LogP) is 0.373. The van der Waals surface area contributed by atoms with Gasteiger partial charge in [-0.25, -0.2) is 4.79 Å². The first-order valence-electron chi connectivity index (χ1n) is 6.67. The third-order valence-corrected chi connectivity index (χ3v) is 3.25. The van der Waals surface area contributed by atoms with Crippen molar-refractivity contribution >= 4 is 11.9 Å². The molecule has 0 aromatic carbocycles. The molecule has 1 aliphatic carbocycles. The van der Waals surface area contributed by atoms with Crippen molar-refractivity contribution in [2.75, 3.05) is 26.4 Å². The Morgan fingerprint density at radius 3 is 2.35 bits per heavy atom. The van der Waals surface area contributed by atoms with Crippen LogP contribution in [0.1, 0.15) is 6.42 Å². The summed E-state index contributed by atoms with van der Waals surface area (Å²) in [5.41, 5.74) is 0.472. The van der Waals surface area contributed by atoms with Crippen molar-refractivity contribution in [3.05, 3.63) is 23.8 Å². The molecule has 3 aliphatic rings. The molecule has 0 aromatic rings. The SMILES string of the molecule is O=C(OCC1CO1)C1=CCC(C(=O)OCC2CO2)C=C1. The fraction of sp³-hybridized carbons (Fsp3) is 0.571. The van der Waals surface area contributed by atoms with E-state index >= 15 is 0 Å². The molecular formula is C14H16O6. The zero-order valence-electron chi connectivity index (χ0n) is 10.9. The second-order valence-electron chi connectivity index (χ2n) is 5.00. The lowest BCUT2D eigenvalue weighted by atomic mass is 9.97. The smallest absolute Gasteiger partial charge is 0.337 e. The largest absolute Gasteiger partial charge is 0.462 e. The Morgan fingerprint density at radius 1 is 1.15 bits per heavy atom. The number of allylic oxidation sites excluding steroid dienone is 1. The Hall–Kier alpha value is -1.66. The molecule has 0 radical (unpaired) electrons. The first-order valence-corrected chi connectivity index (χ1v) is 6.67. The molecule has 3 unspecified atom stereocenters. The van der Waals surface area contributed by atoms with Gasteiger partial charge in [-0.3, -0.25) is 4.79 Å². The first kappa shape index (κ1) is 13.3. The minimum Gasteiger partial charge on any atom is -0.462 e. The maximum Gasteiger partial charge on any atom is 0.337 e. The number of rotatable bonds is 6. The Labute approximate surface area is 116 Å². The summed E-state index contributed by atoms with van der Waals surface area (Å²) in [7, 11) is 0. The van der Waals surface area contributed by atoms with E-state index < -0.39 is 0 Å². The zero-order chi connectivity index (χ0) is 13.9. The Kier molecular flexibility index (Phi) is 3.84.